The smallest absolute Gasteiger partial charge is 0.356 e. The van der Waals surface area contributed by atoms with E-state index in [1.54, 1.807) is 26.2 Å². The zero-order valence-corrected chi connectivity index (χ0v) is 23.0. The standard InChI is InChI=1S/C31H27N3O5S/c1-4-24(28(35)33-31-32-23(18-40-31)22-16-10-11-17-25(22)38-3)39-30(37)27-26(19-12-6-5-7-13-19)20-14-8-9-15-21(20)29(36)34(27)2/h5-18,24H,4H2,1-3H3,(H,32,33,35). The maximum absolute atomic E-state index is 13.7. The molecule has 1 unspecified atom stereocenters. The number of esters is 1. The van der Waals surface area contributed by atoms with Crippen LogP contribution in [0, 0.1) is 0 Å². The summed E-state index contributed by atoms with van der Waals surface area (Å²) in [6.07, 6.45) is -0.874. The van der Waals surface area contributed by atoms with Gasteiger partial charge in [0, 0.05) is 28.9 Å². The molecule has 9 heteroatoms. The Balaban J connectivity index is 1.44. The number of thiazole rings is 1. The molecule has 0 spiro atoms. The molecule has 40 heavy (non-hydrogen) atoms. The summed E-state index contributed by atoms with van der Waals surface area (Å²) in [6.45, 7) is 1.75. The molecule has 8 nitrogen and oxygen atoms in total. The highest BCUT2D eigenvalue weighted by Crippen LogP contribution is 2.33. The first-order valence-electron chi connectivity index (χ1n) is 12.7. The van der Waals surface area contributed by atoms with Crippen LogP contribution < -0.4 is 15.6 Å². The molecule has 1 atom stereocenters. The number of nitrogens with one attached hydrogen (secondary N) is 1. The van der Waals surface area contributed by atoms with Gasteiger partial charge in [-0.05, 0) is 35.6 Å². The summed E-state index contributed by atoms with van der Waals surface area (Å²) in [5.41, 5.74) is 2.53. The van der Waals surface area contributed by atoms with Gasteiger partial charge < -0.3 is 14.0 Å². The maximum atomic E-state index is 13.7. The van der Waals surface area contributed by atoms with Crippen molar-refractivity contribution >= 4 is 39.1 Å². The second kappa shape index (κ2) is 11.5. The second-order valence-electron chi connectivity index (χ2n) is 9.03. The van der Waals surface area contributed by atoms with Crippen molar-refractivity contribution in [1.82, 2.24) is 9.55 Å². The fourth-order valence-corrected chi connectivity index (χ4v) is 5.32. The zero-order chi connectivity index (χ0) is 28.2. The summed E-state index contributed by atoms with van der Waals surface area (Å²) in [7, 11) is 3.12. The molecule has 1 N–H and O–H groups in total. The molecular formula is C31H27N3O5S. The van der Waals surface area contributed by atoms with Crippen molar-refractivity contribution in [3.05, 3.63) is 100 Å². The Morgan fingerprint density at radius 2 is 1.65 bits per heavy atom. The Hall–Kier alpha value is -4.76. The van der Waals surface area contributed by atoms with Gasteiger partial charge in [0.15, 0.2) is 11.2 Å². The van der Waals surface area contributed by atoms with E-state index in [9.17, 15) is 14.4 Å². The third-order valence-electron chi connectivity index (χ3n) is 6.59. The fraction of sp³-hybridized carbons (Fsp3) is 0.161. The number of pyridine rings is 1. The van der Waals surface area contributed by atoms with Crippen LogP contribution in [0.15, 0.2) is 89.0 Å². The van der Waals surface area contributed by atoms with Gasteiger partial charge in [-0.1, -0.05) is 67.6 Å². The third-order valence-corrected chi connectivity index (χ3v) is 7.35. The van der Waals surface area contributed by atoms with Gasteiger partial charge in [-0.25, -0.2) is 9.78 Å². The number of amides is 1. The topological polar surface area (TPSA) is 99.5 Å². The van der Waals surface area contributed by atoms with Crippen molar-refractivity contribution in [2.45, 2.75) is 19.4 Å². The molecule has 0 saturated carbocycles. The molecule has 0 bridgehead atoms. The van der Waals surface area contributed by atoms with Crippen molar-refractivity contribution in [2.24, 2.45) is 7.05 Å². The highest BCUT2D eigenvalue weighted by molar-refractivity contribution is 7.14. The van der Waals surface area contributed by atoms with Crippen LogP contribution in [0.4, 0.5) is 5.13 Å². The van der Waals surface area contributed by atoms with Crippen LogP contribution in [0.2, 0.25) is 0 Å². The molecule has 2 aromatic heterocycles. The minimum Gasteiger partial charge on any atom is -0.496 e. The van der Waals surface area contributed by atoms with Crippen LogP contribution in [0.3, 0.4) is 0 Å². The molecule has 202 valence electrons. The van der Waals surface area contributed by atoms with E-state index in [1.165, 1.54) is 23.0 Å². The Labute approximate surface area is 234 Å². The zero-order valence-electron chi connectivity index (χ0n) is 22.2. The number of benzene rings is 3. The van der Waals surface area contributed by atoms with Crippen molar-refractivity contribution in [2.75, 3.05) is 12.4 Å². The molecule has 3 aromatic carbocycles. The first-order chi connectivity index (χ1) is 19.4. The quantitative estimate of drug-likeness (QED) is 0.240. The second-order valence-corrected chi connectivity index (χ2v) is 9.89. The number of hydrogen-bond donors (Lipinski definition) is 1. The van der Waals surface area contributed by atoms with E-state index in [4.69, 9.17) is 9.47 Å². The van der Waals surface area contributed by atoms with E-state index in [0.29, 0.717) is 32.9 Å². The van der Waals surface area contributed by atoms with Crippen molar-refractivity contribution in [3.63, 3.8) is 0 Å². The number of ether oxygens (including phenoxy) is 2. The predicted octanol–water partition coefficient (Wildman–Crippen LogP) is 5.91. The van der Waals surface area contributed by atoms with Gasteiger partial charge in [0.25, 0.3) is 11.5 Å². The summed E-state index contributed by atoms with van der Waals surface area (Å²) < 4.78 is 12.4. The number of hydrogen-bond acceptors (Lipinski definition) is 7. The number of carbonyl (C=O) groups is 2. The van der Waals surface area contributed by atoms with Gasteiger partial charge in [-0.2, -0.15) is 0 Å². The predicted molar refractivity (Wildman–Crippen MR) is 157 cm³/mol. The molecular weight excluding hydrogens is 526 g/mol. The van der Waals surface area contributed by atoms with E-state index >= 15 is 0 Å². The number of aromatic nitrogens is 2. The van der Waals surface area contributed by atoms with Crippen LogP contribution >= 0.6 is 11.3 Å². The first-order valence-corrected chi connectivity index (χ1v) is 13.6. The van der Waals surface area contributed by atoms with Crippen LogP contribution in [-0.4, -0.2) is 34.6 Å². The summed E-state index contributed by atoms with van der Waals surface area (Å²) in [5, 5.41) is 6.06. The van der Waals surface area contributed by atoms with Gasteiger partial charge in [-0.15, -0.1) is 11.3 Å². The molecule has 0 aliphatic rings. The lowest BCUT2D eigenvalue weighted by Crippen LogP contribution is -2.34. The van der Waals surface area contributed by atoms with Crippen molar-refractivity contribution in [1.29, 1.82) is 0 Å². The van der Waals surface area contributed by atoms with Crippen molar-refractivity contribution in [3.8, 4) is 28.1 Å². The number of fused-ring (bicyclic) bond motifs is 1. The van der Waals surface area contributed by atoms with Gasteiger partial charge >= 0.3 is 5.97 Å². The van der Waals surface area contributed by atoms with E-state index in [0.717, 1.165) is 11.1 Å². The molecule has 0 saturated heterocycles. The number of carbonyl (C=O) groups excluding carboxylic acids is 2. The summed E-state index contributed by atoms with van der Waals surface area (Å²) in [4.78, 5) is 44.5. The maximum Gasteiger partial charge on any atom is 0.356 e. The molecule has 1 amide bonds. The van der Waals surface area contributed by atoms with Crippen molar-refractivity contribution < 1.29 is 19.1 Å². The van der Waals surface area contributed by atoms with Crippen LogP contribution in [0.5, 0.6) is 5.75 Å². The molecule has 5 rings (SSSR count). The number of anilines is 1. The molecule has 0 fully saturated rings. The van der Waals surface area contributed by atoms with Gasteiger partial charge in [0.1, 0.15) is 11.4 Å². The SMILES string of the molecule is CCC(OC(=O)c1c(-c2ccccc2)c2ccccc2c(=O)n1C)C(=O)Nc1nc(-c2ccccc2OC)cs1. The normalized spacial score (nSPS) is 11.7. The minimum atomic E-state index is -1.10. The summed E-state index contributed by atoms with van der Waals surface area (Å²) in [5.74, 6) is -0.606. The largest absolute Gasteiger partial charge is 0.496 e. The molecule has 0 aliphatic carbocycles. The lowest BCUT2D eigenvalue weighted by atomic mass is 9.97. The highest BCUT2D eigenvalue weighted by atomic mass is 32.1. The number of nitrogens with zero attached hydrogens (tertiary/aromatic N) is 2. The summed E-state index contributed by atoms with van der Waals surface area (Å²) >= 11 is 1.26. The minimum absolute atomic E-state index is 0.0776. The van der Waals surface area contributed by atoms with E-state index in [-0.39, 0.29) is 17.7 Å². The molecule has 2 heterocycles. The van der Waals surface area contributed by atoms with E-state index < -0.39 is 18.0 Å². The Morgan fingerprint density at radius 1 is 0.975 bits per heavy atom. The number of rotatable bonds is 8. The summed E-state index contributed by atoms with van der Waals surface area (Å²) in [6, 6.07) is 23.9. The van der Waals surface area contributed by atoms with Gasteiger partial charge in [-0.3, -0.25) is 14.9 Å². The monoisotopic (exact) mass is 553 g/mol. The average Bonchev–Trinajstić information content (AvgIpc) is 3.45. The molecule has 0 aliphatic heterocycles. The van der Waals surface area contributed by atoms with Gasteiger partial charge in [0.2, 0.25) is 0 Å². The highest BCUT2D eigenvalue weighted by Gasteiger charge is 2.28. The van der Waals surface area contributed by atoms with E-state index in [2.05, 4.69) is 10.3 Å². The molecule has 0 radical (unpaired) electrons. The lowest BCUT2D eigenvalue weighted by Gasteiger charge is -2.20. The third kappa shape index (κ3) is 5.11. The van der Waals surface area contributed by atoms with E-state index in [1.807, 2.05) is 72.1 Å². The number of methoxy groups -OCH3 is 1. The van der Waals surface area contributed by atoms with Crippen LogP contribution in [0.1, 0.15) is 23.8 Å². The Morgan fingerprint density at radius 3 is 2.38 bits per heavy atom. The Kier molecular flexibility index (Phi) is 7.75. The van der Waals surface area contributed by atoms with Crippen LogP contribution in [0.25, 0.3) is 33.2 Å². The first kappa shape index (κ1) is 26.8. The fourth-order valence-electron chi connectivity index (χ4n) is 4.61. The molecule has 5 aromatic rings. The lowest BCUT2D eigenvalue weighted by molar-refractivity contribution is -0.124. The van der Waals surface area contributed by atoms with Gasteiger partial charge in [0.05, 0.1) is 12.8 Å². The van der Waals surface area contributed by atoms with Crippen LogP contribution in [-0.2, 0) is 16.6 Å². The average molecular weight is 554 g/mol. The Bertz CT molecular complexity index is 1760. The number of para-hydroxylation sites is 1.